The van der Waals surface area contributed by atoms with Gasteiger partial charge < -0.3 is 0 Å². The van der Waals surface area contributed by atoms with Crippen molar-refractivity contribution in [1.82, 2.24) is 9.97 Å². The number of hydrogen-bond donors (Lipinski definition) is 0. The minimum absolute atomic E-state index is 0.302. The van der Waals surface area contributed by atoms with E-state index in [9.17, 15) is 0 Å². The first-order valence-electron chi connectivity index (χ1n) is 8.95. The lowest BCUT2D eigenvalue weighted by molar-refractivity contribution is 0.0170. The molecule has 2 atom stereocenters. The Morgan fingerprint density at radius 2 is 1.75 bits per heavy atom. The zero-order valence-electron chi connectivity index (χ0n) is 14.2. The molecule has 0 radical (unpaired) electrons. The van der Waals surface area contributed by atoms with Crippen LogP contribution in [0.1, 0.15) is 49.1 Å². The molecule has 0 unspecified atom stereocenters. The largest absolute Gasteiger partial charge is 0.251 e. The molecule has 4 aliphatic rings. The summed E-state index contributed by atoms with van der Waals surface area (Å²) in [5, 5.41) is 0. The summed E-state index contributed by atoms with van der Waals surface area (Å²) >= 11 is 0. The molecule has 0 N–H and O–H groups in total. The summed E-state index contributed by atoms with van der Waals surface area (Å²) in [5.74, 6) is 1.79. The molecule has 0 spiro atoms. The molecule has 6 rings (SSSR count). The number of rotatable bonds is 2. The van der Waals surface area contributed by atoms with Gasteiger partial charge in [0.2, 0.25) is 0 Å². The Hall–Kier alpha value is -2.22. The van der Waals surface area contributed by atoms with Crippen molar-refractivity contribution in [3.8, 4) is 11.4 Å². The summed E-state index contributed by atoms with van der Waals surface area (Å²) in [6.45, 7) is 4.83. The van der Waals surface area contributed by atoms with Crippen LogP contribution in [0.2, 0.25) is 0 Å². The highest BCUT2D eigenvalue weighted by molar-refractivity contribution is 5.57. The quantitative estimate of drug-likeness (QED) is 0.776. The number of aromatic nitrogens is 2. The van der Waals surface area contributed by atoms with Gasteiger partial charge in [-0.25, -0.2) is 0 Å². The predicted octanol–water partition coefficient (Wildman–Crippen LogP) is 5.04. The topological polar surface area (TPSA) is 25.8 Å². The first-order valence-corrected chi connectivity index (χ1v) is 8.95. The first kappa shape index (κ1) is 14.2. The molecule has 2 heteroatoms. The minimum atomic E-state index is 0.302. The molecular weight excluding hydrogens is 292 g/mol. The van der Waals surface area contributed by atoms with Gasteiger partial charge in [0, 0.05) is 11.6 Å². The molecule has 0 aromatic carbocycles. The Morgan fingerprint density at radius 3 is 2.54 bits per heavy atom. The van der Waals surface area contributed by atoms with Gasteiger partial charge in [-0.3, -0.25) is 9.97 Å². The van der Waals surface area contributed by atoms with Gasteiger partial charge in [0.15, 0.2) is 0 Å². The van der Waals surface area contributed by atoms with Crippen LogP contribution in [-0.4, -0.2) is 9.97 Å². The predicted molar refractivity (Wildman–Crippen MR) is 96.8 cm³/mol. The third-order valence-electron chi connectivity index (χ3n) is 6.42. The van der Waals surface area contributed by atoms with E-state index in [2.05, 4.69) is 68.5 Å². The summed E-state index contributed by atoms with van der Waals surface area (Å²) in [4.78, 5) is 9.87. The van der Waals surface area contributed by atoms with Gasteiger partial charge in [0.05, 0.1) is 17.1 Å². The summed E-state index contributed by atoms with van der Waals surface area (Å²) < 4.78 is 0. The maximum absolute atomic E-state index is 5.00. The standard InChI is InChI=1S/C22H22N2/c1-22(2)15-12-17(22)16-10-11-20(24-21(16)13-15)19-9-5-8-18(23-19)14-6-3-4-7-14/h3-11,14-15,17H,12-13H2,1-2H3/t15-,17+/m0/s1. The zero-order chi connectivity index (χ0) is 16.3. The molecule has 0 amide bonds. The van der Waals surface area contributed by atoms with E-state index in [-0.39, 0.29) is 0 Å². The SMILES string of the molecule is CC1(C)[C@@H]2Cc3nc(-c4cccc(C5C=CC=C5)n4)ccc3[C@H]1C2. The first-order chi connectivity index (χ1) is 11.6. The summed E-state index contributed by atoms with van der Waals surface area (Å²) in [6, 6.07) is 10.8. The van der Waals surface area contributed by atoms with E-state index in [4.69, 9.17) is 9.97 Å². The van der Waals surface area contributed by atoms with E-state index in [1.807, 2.05) is 0 Å². The van der Waals surface area contributed by atoms with Crippen molar-refractivity contribution in [2.24, 2.45) is 11.3 Å². The second-order valence-corrected chi connectivity index (χ2v) is 7.99. The fraction of sp³-hybridized carbons (Fsp3) is 0.364. The average Bonchev–Trinajstić information content (AvgIpc) is 3.15. The van der Waals surface area contributed by atoms with Crippen molar-refractivity contribution < 1.29 is 0 Å². The smallest absolute Gasteiger partial charge is 0.0889 e. The van der Waals surface area contributed by atoms with Gasteiger partial charge in [-0.2, -0.15) is 0 Å². The Morgan fingerprint density at radius 1 is 0.958 bits per heavy atom. The molecule has 2 bridgehead atoms. The van der Waals surface area contributed by atoms with E-state index < -0.39 is 0 Å². The molecule has 2 heterocycles. The third kappa shape index (κ3) is 1.95. The number of hydrogen-bond acceptors (Lipinski definition) is 2. The van der Waals surface area contributed by atoms with Gasteiger partial charge in [0.1, 0.15) is 0 Å². The van der Waals surface area contributed by atoms with Crippen molar-refractivity contribution in [1.29, 1.82) is 0 Å². The van der Waals surface area contributed by atoms with E-state index >= 15 is 0 Å². The third-order valence-corrected chi connectivity index (χ3v) is 6.42. The van der Waals surface area contributed by atoms with Gasteiger partial charge >= 0.3 is 0 Å². The van der Waals surface area contributed by atoms with Crippen LogP contribution in [0.3, 0.4) is 0 Å². The molecule has 4 aliphatic carbocycles. The van der Waals surface area contributed by atoms with Crippen LogP contribution < -0.4 is 0 Å². The lowest BCUT2D eigenvalue weighted by Crippen LogP contribution is -2.48. The lowest BCUT2D eigenvalue weighted by Gasteiger charge is -2.56. The fourth-order valence-corrected chi connectivity index (χ4v) is 4.67. The summed E-state index contributed by atoms with van der Waals surface area (Å²) in [5.41, 5.74) is 6.34. The second kappa shape index (κ2) is 4.89. The Kier molecular flexibility index (Phi) is 2.88. The molecule has 0 saturated heterocycles. The molecule has 1 fully saturated rings. The summed E-state index contributed by atoms with van der Waals surface area (Å²) in [7, 11) is 0. The zero-order valence-corrected chi connectivity index (χ0v) is 14.2. The molecule has 2 aromatic rings. The number of pyridine rings is 2. The number of allylic oxidation sites excluding steroid dienone is 4. The molecule has 24 heavy (non-hydrogen) atoms. The van der Waals surface area contributed by atoms with Crippen LogP contribution >= 0.6 is 0 Å². The molecule has 2 nitrogen and oxygen atoms in total. The van der Waals surface area contributed by atoms with E-state index in [1.165, 1.54) is 17.7 Å². The normalized spacial score (nSPS) is 26.2. The van der Waals surface area contributed by atoms with Gasteiger partial charge in [-0.05, 0) is 53.9 Å². The van der Waals surface area contributed by atoms with Crippen LogP contribution in [0.4, 0.5) is 0 Å². The van der Waals surface area contributed by atoms with Crippen LogP contribution in [0.25, 0.3) is 11.4 Å². The molecule has 0 aliphatic heterocycles. The van der Waals surface area contributed by atoms with Crippen molar-refractivity contribution in [2.75, 3.05) is 0 Å². The van der Waals surface area contributed by atoms with Crippen molar-refractivity contribution in [2.45, 2.75) is 38.5 Å². The monoisotopic (exact) mass is 314 g/mol. The minimum Gasteiger partial charge on any atom is -0.251 e. The Labute approximate surface area is 143 Å². The molecule has 2 aromatic heterocycles. The van der Waals surface area contributed by atoms with Gasteiger partial charge in [0.25, 0.3) is 0 Å². The van der Waals surface area contributed by atoms with Crippen molar-refractivity contribution in [3.63, 3.8) is 0 Å². The van der Waals surface area contributed by atoms with E-state index in [0.717, 1.165) is 29.4 Å². The molecular formula is C22H22N2. The fourth-order valence-electron chi connectivity index (χ4n) is 4.67. The number of nitrogens with zero attached hydrogens (tertiary/aromatic N) is 2. The van der Waals surface area contributed by atoms with E-state index in [0.29, 0.717) is 17.3 Å². The van der Waals surface area contributed by atoms with Crippen LogP contribution in [0.15, 0.2) is 54.6 Å². The average molecular weight is 314 g/mol. The maximum atomic E-state index is 5.00. The van der Waals surface area contributed by atoms with Crippen LogP contribution in [0.5, 0.6) is 0 Å². The second-order valence-electron chi connectivity index (χ2n) is 7.99. The van der Waals surface area contributed by atoms with Crippen molar-refractivity contribution in [3.05, 3.63) is 71.6 Å². The molecule has 120 valence electrons. The highest BCUT2D eigenvalue weighted by atomic mass is 14.8. The highest BCUT2D eigenvalue weighted by Gasteiger charge is 2.52. The lowest BCUT2D eigenvalue weighted by atomic mass is 9.48. The molecule has 1 saturated carbocycles. The summed E-state index contributed by atoms with van der Waals surface area (Å²) in [6.07, 6.45) is 11.0. The van der Waals surface area contributed by atoms with Crippen molar-refractivity contribution >= 4 is 0 Å². The Bertz CT molecular complexity index is 863. The van der Waals surface area contributed by atoms with Gasteiger partial charge in [-0.1, -0.05) is 50.3 Å². The van der Waals surface area contributed by atoms with E-state index in [1.54, 1.807) is 0 Å². The van der Waals surface area contributed by atoms with Crippen LogP contribution in [-0.2, 0) is 6.42 Å². The maximum Gasteiger partial charge on any atom is 0.0889 e. The van der Waals surface area contributed by atoms with Crippen LogP contribution in [0, 0.1) is 11.3 Å². The highest BCUT2D eigenvalue weighted by Crippen LogP contribution is 2.61. The van der Waals surface area contributed by atoms with Gasteiger partial charge in [-0.15, -0.1) is 0 Å². The Balaban J connectivity index is 1.52.